The maximum atomic E-state index is 12.2. The molecule has 1 aliphatic heterocycles. The van der Waals surface area contributed by atoms with Crippen molar-refractivity contribution < 1.29 is 19.3 Å². The molecule has 1 fully saturated rings. The predicted molar refractivity (Wildman–Crippen MR) is 162 cm³/mol. The van der Waals surface area contributed by atoms with E-state index in [-0.39, 0.29) is 0 Å². The van der Waals surface area contributed by atoms with Crippen molar-refractivity contribution in [2.24, 2.45) is 0 Å². The van der Waals surface area contributed by atoms with Gasteiger partial charge in [0.25, 0.3) is 0 Å². The van der Waals surface area contributed by atoms with Crippen molar-refractivity contribution in [3.05, 3.63) is 162 Å². The van der Waals surface area contributed by atoms with E-state index in [4.69, 9.17) is 19.2 Å². The number of aromatic nitrogens is 2. The van der Waals surface area contributed by atoms with Gasteiger partial charge in [0.1, 0.15) is 29.7 Å². The summed E-state index contributed by atoms with van der Waals surface area (Å²) < 4.78 is 20.7. The van der Waals surface area contributed by atoms with E-state index in [0.29, 0.717) is 19.0 Å². The largest absolute Gasteiger partial charge is 0.382 e. The zero-order valence-corrected chi connectivity index (χ0v) is 23.9. The monoisotopic (exact) mass is 560 g/mol. The molecule has 4 aromatic carbocycles. The van der Waals surface area contributed by atoms with Crippen molar-refractivity contribution in [1.29, 1.82) is 0 Å². The van der Waals surface area contributed by atoms with Gasteiger partial charge in [-0.1, -0.05) is 121 Å². The van der Waals surface area contributed by atoms with Crippen LogP contribution in [0.25, 0.3) is 0 Å². The molecule has 0 bridgehead atoms. The first-order valence-corrected chi connectivity index (χ1v) is 14.3. The second-order valence-corrected chi connectivity index (χ2v) is 11.0. The Morgan fingerprint density at radius 2 is 1.33 bits per heavy atom. The average Bonchev–Trinajstić information content (AvgIpc) is 3.66. The van der Waals surface area contributed by atoms with Gasteiger partial charge >= 0.3 is 0 Å². The molecule has 1 aliphatic rings. The third kappa shape index (κ3) is 5.42. The lowest BCUT2D eigenvalue weighted by atomic mass is 9.76. The second kappa shape index (κ2) is 12.0. The molecular formula is C36H36N2O4. The maximum Gasteiger partial charge on any atom is 0.163 e. The molecule has 3 atom stereocenters. The van der Waals surface area contributed by atoms with Crippen molar-refractivity contribution in [3.63, 3.8) is 0 Å². The molecule has 42 heavy (non-hydrogen) atoms. The smallest absolute Gasteiger partial charge is 0.163 e. The first kappa shape index (κ1) is 28.1. The minimum Gasteiger partial charge on any atom is -0.382 e. The molecule has 6 rings (SSSR count). The number of rotatable bonds is 10. The van der Waals surface area contributed by atoms with Crippen LogP contribution in [0.3, 0.4) is 0 Å². The van der Waals surface area contributed by atoms with Gasteiger partial charge in [0.2, 0.25) is 0 Å². The van der Waals surface area contributed by atoms with Gasteiger partial charge in [0.15, 0.2) is 5.79 Å². The third-order valence-corrected chi connectivity index (χ3v) is 7.86. The van der Waals surface area contributed by atoms with E-state index in [9.17, 15) is 5.11 Å². The lowest BCUT2D eigenvalue weighted by Gasteiger charge is -2.40. The maximum absolute atomic E-state index is 12.2. The molecule has 214 valence electrons. The van der Waals surface area contributed by atoms with Gasteiger partial charge < -0.3 is 23.9 Å². The van der Waals surface area contributed by atoms with Gasteiger partial charge in [0, 0.05) is 12.4 Å². The molecule has 1 aromatic heterocycles. The van der Waals surface area contributed by atoms with Crippen LogP contribution in [-0.2, 0) is 26.4 Å². The minimum atomic E-state index is -1.12. The van der Waals surface area contributed by atoms with E-state index in [1.807, 2.05) is 105 Å². The Labute approximate surface area is 247 Å². The number of benzene rings is 4. The van der Waals surface area contributed by atoms with Crippen LogP contribution in [-0.4, -0.2) is 39.3 Å². The van der Waals surface area contributed by atoms with E-state index in [1.165, 1.54) is 0 Å². The van der Waals surface area contributed by atoms with Crippen LogP contribution >= 0.6 is 0 Å². The van der Waals surface area contributed by atoms with Gasteiger partial charge in [-0.05, 0) is 36.1 Å². The topological polar surface area (TPSA) is 65.7 Å². The Morgan fingerprint density at radius 3 is 1.81 bits per heavy atom. The third-order valence-electron chi connectivity index (χ3n) is 7.86. The Bertz CT molecular complexity index is 1460. The minimum absolute atomic E-state index is 0.297. The summed E-state index contributed by atoms with van der Waals surface area (Å²) in [5, 5.41) is 12.2. The van der Waals surface area contributed by atoms with Crippen LogP contribution in [0.1, 0.15) is 48.0 Å². The van der Waals surface area contributed by atoms with E-state index in [0.717, 1.165) is 22.3 Å². The highest BCUT2D eigenvalue weighted by Crippen LogP contribution is 2.43. The second-order valence-electron chi connectivity index (χ2n) is 11.0. The fraction of sp³-hybridized carbons (Fsp3) is 0.250. The molecule has 0 saturated carbocycles. The molecule has 2 heterocycles. The molecule has 0 amide bonds. The molecule has 1 N–H and O–H groups in total. The van der Waals surface area contributed by atoms with Gasteiger partial charge in [-0.2, -0.15) is 0 Å². The van der Waals surface area contributed by atoms with E-state index in [1.54, 1.807) is 6.20 Å². The SMILES string of the molecule is CC1(C)OC[C@@H]([C@@H](OCc2ccccc2)[C@@H](O)c2nccn2C(c2ccccc2)(c2ccccc2)c2ccccc2)O1. The number of aliphatic hydroxyl groups excluding tert-OH is 1. The number of imidazole rings is 1. The lowest BCUT2D eigenvalue weighted by Crippen LogP contribution is -2.43. The Kier molecular flexibility index (Phi) is 8.05. The zero-order valence-electron chi connectivity index (χ0n) is 23.9. The average molecular weight is 561 g/mol. The summed E-state index contributed by atoms with van der Waals surface area (Å²) in [6.45, 7) is 4.36. The van der Waals surface area contributed by atoms with E-state index < -0.39 is 29.6 Å². The first-order chi connectivity index (χ1) is 20.5. The quantitative estimate of drug-likeness (QED) is 0.198. The van der Waals surface area contributed by atoms with Crippen LogP contribution in [0.2, 0.25) is 0 Å². The van der Waals surface area contributed by atoms with Crippen molar-refractivity contribution in [3.8, 4) is 0 Å². The number of hydrogen-bond donors (Lipinski definition) is 1. The molecule has 0 unspecified atom stereocenters. The predicted octanol–water partition coefficient (Wildman–Crippen LogP) is 6.49. The Morgan fingerprint density at radius 1 is 0.833 bits per heavy atom. The number of aliphatic hydroxyl groups is 1. The van der Waals surface area contributed by atoms with Crippen molar-refractivity contribution in [2.75, 3.05) is 6.61 Å². The van der Waals surface area contributed by atoms with Crippen LogP contribution in [0.15, 0.2) is 134 Å². The van der Waals surface area contributed by atoms with Crippen molar-refractivity contribution in [2.45, 2.75) is 50.1 Å². The summed E-state index contributed by atoms with van der Waals surface area (Å²) in [6.07, 6.45) is 1.32. The Hall–Kier alpha value is -4.07. The van der Waals surface area contributed by atoms with Gasteiger partial charge in [-0.3, -0.25) is 0 Å². The molecule has 6 nitrogen and oxygen atoms in total. The summed E-state index contributed by atoms with van der Waals surface area (Å²) in [6, 6.07) is 41.0. The normalized spacial score (nSPS) is 18.0. The van der Waals surface area contributed by atoms with E-state index in [2.05, 4.69) is 41.0 Å². The summed E-state index contributed by atoms with van der Waals surface area (Å²) in [5.74, 6) is -0.311. The first-order valence-electron chi connectivity index (χ1n) is 14.3. The lowest BCUT2D eigenvalue weighted by molar-refractivity contribution is -0.173. The Balaban J connectivity index is 1.50. The molecule has 1 saturated heterocycles. The summed E-state index contributed by atoms with van der Waals surface area (Å²) in [4.78, 5) is 4.78. The molecule has 6 heteroatoms. The van der Waals surface area contributed by atoms with Crippen LogP contribution < -0.4 is 0 Å². The molecule has 0 aliphatic carbocycles. The fourth-order valence-corrected chi connectivity index (χ4v) is 5.97. The van der Waals surface area contributed by atoms with Gasteiger partial charge in [0.05, 0.1) is 13.2 Å². The highest BCUT2D eigenvalue weighted by atomic mass is 16.7. The van der Waals surface area contributed by atoms with Crippen molar-refractivity contribution >= 4 is 0 Å². The van der Waals surface area contributed by atoms with Crippen LogP contribution in [0.4, 0.5) is 0 Å². The number of ether oxygens (including phenoxy) is 3. The molecule has 0 radical (unpaired) electrons. The molecule has 0 spiro atoms. The number of hydrogen-bond acceptors (Lipinski definition) is 5. The molecule has 5 aromatic rings. The summed E-state index contributed by atoms with van der Waals surface area (Å²) in [7, 11) is 0. The summed E-state index contributed by atoms with van der Waals surface area (Å²) in [5.41, 5.74) is 3.29. The standard InChI is InChI=1S/C36H36N2O4/c1-35(2)41-26-31(42-35)33(40-25-27-15-7-3-8-16-27)32(39)34-37-23-24-38(34)36(28-17-9-4-10-18-28,29-19-11-5-12-20-29)30-21-13-6-14-22-30/h3-24,31-33,39H,25-26H2,1-2H3/t31-,32+,33+/m0/s1. The van der Waals surface area contributed by atoms with E-state index >= 15 is 0 Å². The van der Waals surface area contributed by atoms with Crippen molar-refractivity contribution in [1.82, 2.24) is 9.55 Å². The van der Waals surface area contributed by atoms with Crippen LogP contribution in [0, 0.1) is 0 Å². The van der Waals surface area contributed by atoms with Gasteiger partial charge in [-0.15, -0.1) is 0 Å². The van der Waals surface area contributed by atoms with Crippen LogP contribution in [0.5, 0.6) is 0 Å². The number of nitrogens with zero attached hydrogens (tertiary/aromatic N) is 2. The highest BCUT2D eigenvalue weighted by Gasteiger charge is 2.45. The van der Waals surface area contributed by atoms with Gasteiger partial charge in [-0.25, -0.2) is 4.98 Å². The molecular weight excluding hydrogens is 524 g/mol. The zero-order chi connectivity index (χ0) is 29.0. The summed E-state index contributed by atoms with van der Waals surface area (Å²) >= 11 is 0. The fourth-order valence-electron chi connectivity index (χ4n) is 5.97. The highest BCUT2D eigenvalue weighted by molar-refractivity contribution is 5.51.